The van der Waals surface area contributed by atoms with Crippen LogP contribution in [0.25, 0.3) is 71.7 Å². The van der Waals surface area contributed by atoms with Crippen LogP contribution < -0.4 is 4.90 Å². The molecule has 0 atom stereocenters. The van der Waals surface area contributed by atoms with Crippen molar-refractivity contribution in [3.8, 4) is 27.9 Å². The Labute approximate surface area is 321 Å². The number of aromatic nitrogens is 1. The van der Waals surface area contributed by atoms with E-state index in [2.05, 4.69) is 4.57 Å². The number of furan rings is 1. The van der Waals surface area contributed by atoms with E-state index in [4.69, 9.17) is 18.1 Å². The van der Waals surface area contributed by atoms with E-state index in [1.807, 2.05) is 60.7 Å². The minimum absolute atomic E-state index is 0.00915. The summed E-state index contributed by atoms with van der Waals surface area (Å²) in [5, 5.41) is 2.28. The molecule has 0 saturated heterocycles. The van der Waals surface area contributed by atoms with Gasteiger partial charge in [0.15, 0.2) is 0 Å². The van der Waals surface area contributed by atoms with Crippen LogP contribution in [0.5, 0.6) is 0 Å². The molecule has 240 valence electrons. The predicted octanol–water partition coefficient (Wildman–Crippen LogP) is 13.5. The number of benzene rings is 8. The second-order valence-corrected chi connectivity index (χ2v) is 11.6. The maximum absolute atomic E-state index is 9.57. The summed E-state index contributed by atoms with van der Waals surface area (Å²) in [7, 11) is 0. The molecule has 0 radical (unpaired) electrons. The molecular formula is C48H32N2O. The lowest BCUT2D eigenvalue weighted by Gasteiger charge is -2.26. The molecule has 2 aromatic heterocycles. The van der Waals surface area contributed by atoms with Crippen LogP contribution in [-0.4, -0.2) is 4.57 Å². The van der Waals surface area contributed by atoms with Crippen molar-refractivity contribution in [3.05, 3.63) is 194 Å². The van der Waals surface area contributed by atoms with Gasteiger partial charge in [0.1, 0.15) is 11.2 Å². The number of fused-ring (bicyclic) bond motifs is 7. The summed E-state index contributed by atoms with van der Waals surface area (Å²) in [6, 6.07) is 11.1. The van der Waals surface area contributed by atoms with Crippen molar-refractivity contribution in [3.63, 3.8) is 0 Å². The second-order valence-electron chi connectivity index (χ2n) is 11.6. The van der Waals surface area contributed by atoms with Gasteiger partial charge in [0, 0.05) is 27.8 Å². The van der Waals surface area contributed by atoms with Crippen LogP contribution in [0.3, 0.4) is 0 Å². The van der Waals surface area contributed by atoms with Gasteiger partial charge < -0.3 is 13.9 Å². The SMILES string of the molecule is [2H]c1c([2H])c([2H])c(-c2c([2H])c([2H])c(N(c3c([2H])c([2H])c(-c4c([2H])c([2H])c([2H])c([2H])c4[2H])c([2H])c3[2H])c3cccc4oc5c(ccc6c5c5ccccc5n6-c5ccccc5)c34)c([2H])c2[2H])c([2H])c1[2H]. The summed E-state index contributed by atoms with van der Waals surface area (Å²) in [4.78, 5) is 1.02. The highest BCUT2D eigenvalue weighted by Gasteiger charge is 2.23. The van der Waals surface area contributed by atoms with Crippen molar-refractivity contribution in [1.82, 2.24) is 4.57 Å². The van der Waals surface area contributed by atoms with Gasteiger partial charge in [-0.1, -0.05) is 127 Å². The van der Waals surface area contributed by atoms with Gasteiger partial charge in [0.05, 0.1) is 52.2 Å². The fourth-order valence-corrected chi connectivity index (χ4v) is 6.55. The molecule has 10 aromatic rings. The highest BCUT2D eigenvalue weighted by Crippen LogP contribution is 2.46. The monoisotopic (exact) mass is 670 g/mol. The van der Waals surface area contributed by atoms with Crippen molar-refractivity contribution in [2.75, 3.05) is 4.90 Å². The van der Waals surface area contributed by atoms with Gasteiger partial charge in [-0.2, -0.15) is 0 Å². The average Bonchev–Trinajstić information content (AvgIpc) is 3.90. The van der Waals surface area contributed by atoms with Crippen molar-refractivity contribution >= 4 is 60.8 Å². The van der Waals surface area contributed by atoms with Crippen LogP contribution in [0.15, 0.2) is 198 Å². The number of hydrogen-bond donors (Lipinski definition) is 0. The largest absolute Gasteiger partial charge is 0.455 e. The molecule has 3 nitrogen and oxygen atoms in total. The predicted molar refractivity (Wildman–Crippen MR) is 214 cm³/mol. The summed E-state index contributed by atoms with van der Waals surface area (Å²) >= 11 is 0. The van der Waals surface area contributed by atoms with Gasteiger partial charge in [0.2, 0.25) is 0 Å². The highest BCUT2D eigenvalue weighted by atomic mass is 16.3. The molecule has 2 heterocycles. The molecular weight excluding hydrogens is 621 g/mol. The topological polar surface area (TPSA) is 21.3 Å². The zero-order valence-electron chi connectivity index (χ0n) is 44.4. The lowest BCUT2D eigenvalue weighted by molar-refractivity contribution is 0.673. The number of nitrogens with zero attached hydrogens (tertiary/aromatic N) is 2. The molecule has 0 saturated carbocycles. The summed E-state index contributed by atoms with van der Waals surface area (Å²) in [5.41, 5.74) is -0.602. The first kappa shape index (κ1) is 16.2. The van der Waals surface area contributed by atoms with E-state index in [1.54, 1.807) is 18.2 Å². The third-order valence-electron chi connectivity index (χ3n) is 8.70. The smallest absolute Gasteiger partial charge is 0.145 e. The Morgan fingerprint density at radius 2 is 1.04 bits per heavy atom. The first-order chi connectivity index (χ1) is 32.8. The van der Waals surface area contributed by atoms with Crippen LogP contribution in [0, 0.1) is 0 Å². The van der Waals surface area contributed by atoms with Crippen LogP contribution in [-0.2, 0) is 0 Å². The number of para-hydroxylation sites is 2. The quantitative estimate of drug-likeness (QED) is 0.176. The lowest BCUT2D eigenvalue weighted by Crippen LogP contribution is -2.10. The molecule has 0 bridgehead atoms. The first-order valence-electron chi connectivity index (χ1n) is 24.9. The minimum Gasteiger partial charge on any atom is -0.455 e. The van der Waals surface area contributed by atoms with E-state index in [1.165, 1.54) is 6.07 Å². The van der Waals surface area contributed by atoms with Gasteiger partial charge in [0.25, 0.3) is 0 Å². The molecule has 0 unspecified atom stereocenters. The Bertz CT molecular complexity index is 3650. The van der Waals surface area contributed by atoms with Gasteiger partial charge >= 0.3 is 0 Å². The van der Waals surface area contributed by atoms with Crippen molar-refractivity contribution in [1.29, 1.82) is 0 Å². The molecule has 0 spiro atoms. The lowest BCUT2D eigenvalue weighted by atomic mass is 10.0. The van der Waals surface area contributed by atoms with Crippen LogP contribution >= 0.6 is 0 Å². The Morgan fingerprint density at radius 3 is 1.69 bits per heavy atom. The standard InChI is InChI=1S/C48H32N2O/c1-4-13-33(14-5-1)35-23-27-38(28-24-35)49(39-29-25-36(26-30-39)34-15-6-2-7-16-34)43-21-12-22-45-46(43)41-31-32-44-47(48(41)51-45)40-19-10-11-20-42(40)50(44)37-17-8-3-9-18-37/h1-32H/i1D,2D,4D,5D,6D,7D,13D,14D,15D,16D,23D,24D,25D,26D,27D,28D,29D,30D. The van der Waals surface area contributed by atoms with E-state index in [-0.39, 0.29) is 16.7 Å². The zero-order valence-corrected chi connectivity index (χ0v) is 26.4. The summed E-state index contributed by atoms with van der Waals surface area (Å²) in [5.74, 6) is 0. The number of hydrogen-bond acceptors (Lipinski definition) is 2. The van der Waals surface area contributed by atoms with Crippen LogP contribution in [0.1, 0.15) is 24.7 Å². The molecule has 10 rings (SSSR count). The maximum atomic E-state index is 9.57. The third-order valence-corrected chi connectivity index (χ3v) is 8.70. The van der Waals surface area contributed by atoms with E-state index >= 15 is 0 Å². The van der Waals surface area contributed by atoms with E-state index in [0.29, 0.717) is 16.4 Å². The average molecular weight is 671 g/mol. The Kier molecular flexibility index (Phi) is 3.80. The fraction of sp³-hybridized carbons (Fsp3) is 0. The summed E-state index contributed by atoms with van der Waals surface area (Å²) < 4.78 is 168. The van der Waals surface area contributed by atoms with Crippen molar-refractivity contribution in [2.24, 2.45) is 0 Å². The van der Waals surface area contributed by atoms with E-state index in [0.717, 1.165) is 27.0 Å². The molecule has 0 aliphatic rings. The Morgan fingerprint density at radius 1 is 0.451 bits per heavy atom. The highest BCUT2D eigenvalue weighted by molar-refractivity contribution is 6.26. The molecule has 0 aliphatic heterocycles. The maximum Gasteiger partial charge on any atom is 0.145 e. The van der Waals surface area contributed by atoms with E-state index < -0.39 is 142 Å². The zero-order chi connectivity index (χ0) is 49.4. The number of anilines is 3. The van der Waals surface area contributed by atoms with Crippen LogP contribution in [0.4, 0.5) is 17.1 Å². The third kappa shape index (κ3) is 4.82. The normalized spacial score (nSPS) is 16.5. The summed E-state index contributed by atoms with van der Waals surface area (Å²) in [6.07, 6.45) is 0. The number of rotatable bonds is 6. The molecule has 0 amide bonds. The molecule has 0 fully saturated rings. The molecule has 3 heteroatoms. The Balaban J connectivity index is 1.34. The van der Waals surface area contributed by atoms with Gasteiger partial charge in [-0.3, -0.25) is 0 Å². The van der Waals surface area contributed by atoms with Gasteiger partial charge in [-0.25, -0.2) is 0 Å². The van der Waals surface area contributed by atoms with Gasteiger partial charge in [-0.05, 0) is 88.9 Å². The molecule has 0 N–H and O–H groups in total. The van der Waals surface area contributed by atoms with Crippen molar-refractivity contribution < 1.29 is 29.1 Å². The molecule has 8 aromatic carbocycles. The minimum atomic E-state index is -0.861. The fourth-order valence-electron chi connectivity index (χ4n) is 6.55. The second kappa shape index (κ2) is 11.9. The molecule has 0 aliphatic carbocycles. The van der Waals surface area contributed by atoms with E-state index in [9.17, 15) is 11.0 Å². The van der Waals surface area contributed by atoms with Gasteiger partial charge in [-0.15, -0.1) is 0 Å². The summed E-state index contributed by atoms with van der Waals surface area (Å²) in [6.45, 7) is 0. The van der Waals surface area contributed by atoms with Crippen LogP contribution in [0.2, 0.25) is 0 Å². The van der Waals surface area contributed by atoms with Crippen molar-refractivity contribution in [2.45, 2.75) is 0 Å². The molecule has 51 heavy (non-hydrogen) atoms. The Hall–Kier alpha value is -6.84. The first-order valence-corrected chi connectivity index (χ1v) is 15.9.